The van der Waals surface area contributed by atoms with E-state index >= 15 is 0 Å². The van der Waals surface area contributed by atoms with Gasteiger partial charge in [0.1, 0.15) is 5.82 Å². The summed E-state index contributed by atoms with van der Waals surface area (Å²) >= 11 is 0. The largest absolute Gasteiger partial charge is 0.464 e. The van der Waals surface area contributed by atoms with Gasteiger partial charge in [-0.25, -0.2) is 9.48 Å². The summed E-state index contributed by atoms with van der Waals surface area (Å²) in [6, 6.07) is 18.2. The molecule has 26 heavy (non-hydrogen) atoms. The third-order valence-electron chi connectivity index (χ3n) is 3.51. The molecule has 0 saturated carbocycles. The van der Waals surface area contributed by atoms with E-state index in [9.17, 15) is 4.79 Å². The summed E-state index contributed by atoms with van der Waals surface area (Å²) in [4.78, 5) is 19.3. The van der Waals surface area contributed by atoms with Crippen LogP contribution in [-0.2, 0) is 4.74 Å². The van der Waals surface area contributed by atoms with Gasteiger partial charge in [-0.15, -0.1) is 0 Å². The molecule has 1 heterocycles. The van der Waals surface area contributed by atoms with Crippen molar-refractivity contribution in [3.63, 3.8) is 0 Å². The number of azide groups is 1. The van der Waals surface area contributed by atoms with Crippen molar-refractivity contribution in [2.45, 2.75) is 0 Å². The molecule has 0 aliphatic heterocycles. The Bertz CT molecular complexity index is 989. The van der Waals surface area contributed by atoms with Crippen LogP contribution < -0.4 is 0 Å². The van der Waals surface area contributed by atoms with Crippen LogP contribution in [-0.4, -0.2) is 29.1 Å². The average molecular weight is 346 g/mol. The lowest BCUT2D eigenvalue weighted by atomic mass is 10.2. The molecule has 0 aliphatic rings. The molecule has 0 saturated heterocycles. The number of ether oxygens (including phenoxy) is 1. The first-order valence-electron chi connectivity index (χ1n) is 7.65. The Kier molecular flexibility index (Phi) is 5.07. The Morgan fingerprint density at radius 2 is 1.81 bits per heavy atom. The van der Waals surface area contributed by atoms with Gasteiger partial charge in [0, 0.05) is 11.1 Å². The third-order valence-corrected chi connectivity index (χ3v) is 3.51. The summed E-state index contributed by atoms with van der Waals surface area (Å²) in [6.07, 6.45) is 1.44. The number of benzene rings is 2. The highest BCUT2D eigenvalue weighted by Crippen LogP contribution is 2.27. The number of hydrogen-bond acceptors (Lipinski definition) is 5. The molecule has 0 unspecified atom stereocenters. The molecular formula is C18H14N6O2. The van der Waals surface area contributed by atoms with E-state index in [0.717, 1.165) is 0 Å². The predicted octanol–water partition coefficient (Wildman–Crippen LogP) is 4.35. The molecule has 0 atom stereocenters. The normalized spacial score (nSPS) is 10.5. The Labute approximate surface area is 149 Å². The van der Waals surface area contributed by atoms with Crippen molar-refractivity contribution in [2.75, 3.05) is 7.11 Å². The molecular weight excluding hydrogens is 332 g/mol. The number of nitrogens with zero attached hydrogens (tertiary/aromatic N) is 6. The molecule has 0 radical (unpaired) electrons. The van der Waals surface area contributed by atoms with Gasteiger partial charge in [0.2, 0.25) is 0 Å². The zero-order chi connectivity index (χ0) is 18.4. The van der Waals surface area contributed by atoms with Crippen molar-refractivity contribution in [2.24, 2.45) is 10.1 Å². The molecule has 0 bridgehead atoms. The standard InChI is InChI=1S/C18H14N6O2/c1-26-18(25)16-15(12-20-13-8-4-2-5-9-13)17(21-23-19)24(22-16)14-10-6-3-7-11-14/h2-12H,1H3. The summed E-state index contributed by atoms with van der Waals surface area (Å²) in [7, 11) is 1.26. The molecule has 128 valence electrons. The Morgan fingerprint density at radius 3 is 2.42 bits per heavy atom. The number of rotatable bonds is 5. The van der Waals surface area contributed by atoms with Crippen molar-refractivity contribution < 1.29 is 9.53 Å². The van der Waals surface area contributed by atoms with E-state index in [2.05, 4.69) is 20.1 Å². The minimum Gasteiger partial charge on any atom is -0.464 e. The van der Waals surface area contributed by atoms with Crippen molar-refractivity contribution in [3.8, 4) is 5.69 Å². The monoisotopic (exact) mass is 346 g/mol. The number of carbonyl (C=O) groups is 1. The third kappa shape index (κ3) is 3.45. The second-order valence-corrected chi connectivity index (χ2v) is 5.11. The van der Waals surface area contributed by atoms with Crippen LogP contribution in [0.3, 0.4) is 0 Å². The zero-order valence-electron chi connectivity index (χ0n) is 13.9. The Hall–Kier alpha value is -3.90. The van der Waals surface area contributed by atoms with Gasteiger partial charge in [0.05, 0.1) is 24.0 Å². The van der Waals surface area contributed by atoms with Gasteiger partial charge in [0.25, 0.3) is 0 Å². The predicted molar refractivity (Wildman–Crippen MR) is 97.4 cm³/mol. The first-order valence-corrected chi connectivity index (χ1v) is 7.65. The second kappa shape index (κ2) is 7.78. The SMILES string of the molecule is COC(=O)c1nn(-c2ccccc2)c(N=[N+]=[N-])c1C=Nc1ccccc1. The summed E-state index contributed by atoms with van der Waals surface area (Å²) in [5.74, 6) is -0.498. The number of carbonyl (C=O) groups excluding carboxylic acids is 1. The maximum absolute atomic E-state index is 12.2. The zero-order valence-corrected chi connectivity index (χ0v) is 13.9. The van der Waals surface area contributed by atoms with Crippen LogP contribution in [0.5, 0.6) is 0 Å². The van der Waals surface area contributed by atoms with Crippen molar-refractivity contribution in [3.05, 3.63) is 82.4 Å². The minimum absolute atomic E-state index is 0.0124. The van der Waals surface area contributed by atoms with Gasteiger partial charge in [-0.3, -0.25) is 4.99 Å². The number of para-hydroxylation sites is 2. The molecule has 0 spiro atoms. The van der Waals surface area contributed by atoms with Crippen LogP contribution in [0, 0.1) is 0 Å². The highest BCUT2D eigenvalue weighted by Gasteiger charge is 2.22. The smallest absolute Gasteiger partial charge is 0.359 e. The highest BCUT2D eigenvalue weighted by molar-refractivity contribution is 6.01. The molecule has 1 aromatic heterocycles. The summed E-state index contributed by atoms with van der Waals surface area (Å²) in [5.41, 5.74) is 10.6. The Morgan fingerprint density at radius 1 is 1.15 bits per heavy atom. The number of aromatic nitrogens is 2. The van der Waals surface area contributed by atoms with Crippen LogP contribution in [0.15, 0.2) is 70.8 Å². The molecule has 8 nitrogen and oxygen atoms in total. The van der Waals surface area contributed by atoms with Gasteiger partial charge in [0.15, 0.2) is 5.69 Å². The van der Waals surface area contributed by atoms with E-state index in [-0.39, 0.29) is 17.1 Å². The molecule has 0 amide bonds. The maximum Gasteiger partial charge on any atom is 0.359 e. The topological polar surface area (TPSA) is 105 Å². The van der Waals surface area contributed by atoms with Crippen molar-refractivity contribution in [1.29, 1.82) is 0 Å². The van der Waals surface area contributed by atoms with E-state index in [4.69, 9.17) is 10.3 Å². The van der Waals surface area contributed by atoms with Gasteiger partial charge in [-0.05, 0) is 34.9 Å². The molecule has 2 aromatic carbocycles. The molecule has 3 rings (SSSR count). The lowest BCUT2D eigenvalue weighted by Crippen LogP contribution is -2.06. The fourth-order valence-corrected chi connectivity index (χ4v) is 2.33. The Balaban J connectivity index is 2.19. The van der Waals surface area contributed by atoms with Crippen LogP contribution in [0.2, 0.25) is 0 Å². The number of methoxy groups -OCH3 is 1. The lowest BCUT2D eigenvalue weighted by Gasteiger charge is -2.03. The number of hydrogen-bond donors (Lipinski definition) is 0. The maximum atomic E-state index is 12.2. The van der Waals surface area contributed by atoms with Crippen LogP contribution in [0.4, 0.5) is 11.5 Å². The average Bonchev–Trinajstić information content (AvgIpc) is 3.06. The molecule has 8 heteroatoms. The first kappa shape index (κ1) is 16.9. The van der Waals surface area contributed by atoms with Gasteiger partial charge >= 0.3 is 5.97 Å². The van der Waals surface area contributed by atoms with E-state index in [1.54, 1.807) is 12.1 Å². The molecule has 0 fully saturated rings. The van der Waals surface area contributed by atoms with Crippen LogP contribution >= 0.6 is 0 Å². The van der Waals surface area contributed by atoms with Crippen molar-refractivity contribution in [1.82, 2.24) is 9.78 Å². The summed E-state index contributed by atoms with van der Waals surface area (Å²) < 4.78 is 6.19. The lowest BCUT2D eigenvalue weighted by molar-refractivity contribution is 0.0593. The molecule has 0 aliphatic carbocycles. The fourth-order valence-electron chi connectivity index (χ4n) is 2.33. The number of esters is 1. The first-order chi connectivity index (χ1) is 12.7. The van der Waals surface area contributed by atoms with Gasteiger partial charge in [-0.2, -0.15) is 5.10 Å². The number of aliphatic imine (C=N–C) groups is 1. The fraction of sp³-hybridized carbons (Fsp3) is 0.0556. The molecule has 3 aromatic rings. The summed E-state index contributed by atoms with van der Waals surface area (Å²) in [5, 5.41) is 7.98. The van der Waals surface area contributed by atoms with Crippen molar-refractivity contribution >= 4 is 23.7 Å². The van der Waals surface area contributed by atoms with E-state index in [0.29, 0.717) is 11.4 Å². The van der Waals surface area contributed by atoms with Crippen LogP contribution in [0.1, 0.15) is 16.1 Å². The second-order valence-electron chi connectivity index (χ2n) is 5.11. The highest BCUT2D eigenvalue weighted by atomic mass is 16.5. The quantitative estimate of drug-likeness (QED) is 0.225. The minimum atomic E-state index is -0.649. The molecule has 0 N–H and O–H groups in total. The van der Waals surface area contributed by atoms with E-state index < -0.39 is 5.97 Å². The van der Waals surface area contributed by atoms with Gasteiger partial charge < -0.3 is 4.74 Å². The van der Waals surface area contributed by atoms with Gasteiger partial charge in [-0.1, -0.05) is 36.4 Å². The van der Waals surface area contributed by atoms with Crippen LogP contribution in [0.25, 0.3) is 16.1 Å². The van der Waals surface area contributed by atoms with E-state index in [1.165, 1.54) is 18.0 Å². The van der Waals surface area contributed by atoms with E-state index in [1.807, 2.05) is 48.5 Å². The summed E-state index contributed by atoms with van der Waals surface area (Å²) in [6.45, 7) is 0.